The minimum atomic E-state index is -0.00166. The van der Waals surface area contributed by atoms with Crippen LogP contribution in [0.1, 0.15) is 17.3 Å². The molecule has 1 saturated heterocycles. The lowest BCUT2D eigenvalue weighted by Crippen LogP contribution is -2.50. The highest BCUT2D eigenvalue weighted by molar-refractivity contribution is 5.94. The fourth-order valence-electron chi connectivity index (χ4n) is 2.03. The van der Waals surface area contributed by atoms with Crippen LogP contribution in [0.25, 0.3) is 0 Å². The van der Waals surface area contributed by atoms with Crippen molar-refractivity contribution in [1.29, 1.82) is 0 Å². The molecule has 0 aromatic heterocycles. The number of rotatable bonds is 1. The van der Waals surface area contributed by atoms with Gasteiger partial charge in [0.05, 0.1) is 0 Å². The number of carbonyl (C=O) groups excluding carboxylic acids is 2. The zero-order valence-corrected chi connectivity index (χ0v) is 10.4. The summed E-state index contributed by atoms with van der Waals surface area (Å²) < 4.78 is 0. The summed E-state index contributed by atoms with van der Waals surface area (Å²) in [5.41, 5.74) is 6.87. The summed E-state index contributed by atoms with van der Waals surface area (Å²) in [5, 5.41) is 0. The third-order valence-corrected chi connectivity index (χ3v) is 3.17. The number of nitrogens with two attached hydrogens (primary N) is 1. The average Bonchev–Trinajstić information content (AvgIpc) is 2.39. The van der Waals surface area contributed by atoms with Gasteiger partial charge in [-0.15, -0.1) is 0 Å². The first-order chi connectivity index (χ1) is 8.58. The van der Waals surface area contributed by atoms with Gasteiger partial charge in [0, 0.05) is 44.4 Å². The molecule has 18 heavy (non-hydrogen) atoms. The van der Waals surface area contributed by atoms with Crippen molar-refractivity contribution in [2.45, 2.75) is 6.92 Å². The fraction of sp³-hybridized carbons (Fsp3) is 0.385. The summed E-state index contributed by atoms with van der Waals surface area (Å²) in [4.78, 5) is 26.9. The predicted molar refractivity (Wildman–Crippen MR) is 69.0 cm³/mol. The van der Waals surface area contributed by atoms with Crippen LogP contribution in [0.4, 0.5) is 5.69 Å². The van der Waals surface area contributed by atoms with Gasteiger partial charge in [0.25, 0.3) is 5.91 Å². The Morgan fingerprint density at radius 3 is 2.00 bits per heavy atom. The lowest BCUT2D eigenvalue weighted by molar-refractivity contribution is -0.130. The predicted octanol–water partition coefficient (Wildman–Crippen LogP) is 0.573. The van der Waals surface area contributed by atoms with E-state index in [1.54, 1.807) is 41.0 Å². The van der Waals surface area contributed by atoms with Crippen molar-refractivity contribution >= 4 is 17.5 Å². The first-order valence-corrected chi connectivity index (χ1v) is 5.98. The van der Waals surface area contributed by atoms with E-state index in [-0.39, 0.29) is 11.8 Å². The Labute approximate surface area is 106 Å². The maximum atomic E-state index is 12.2. The summed E-state index contributed by atoms with van der Waals surface area (Å²) in [7, 11) is 0. The van der Waals surface area contributed by atoms with Crippen LogP contribution < -0.4 is 5.73 Å². The maximum Gasteiger partial charge on any atom is 0.253 e. The second kappa shape index (κ2) is 5.08. The standard InChI is InChI=1S/C13H17N3O2/c1-10(17)15-6-8-16(9-7-15)13(18)11-2-4-12(14)5-3-11/h2-5H,6-9,14H2,1H3. The third-order valence-electron chi connectivity index (χ3n) is 3.17. The largest absolute Gasteiger partial charge is 0.399 e. The molecule has 0 saturated carbocycles. The van der Waals surface area contributed by atoms with Crippen LogP contribution in [0.3, 0.4) is 0 Å². The Kier molecular flexibility index (Phi) is 3.50. The van der Waals surface area contributed by atoms with Crippen molar-refractivity contribution in [1.82, 2.24) is 9.80 Å². The molecule has 1 aliphatic rings. The van der Waals surface area contributed by atoms with Crippen LogP contribution >= 0.6 is 0 Å². The highest BCUT2D eigenvalue weighted by Crippen LogP contribution is 2.11. The summed E-state index contributed by atoms with van der Waals surface area (Å²) in [6, 6.07) is 6.90. The molecule has 1 fully saturated rings. The molecule has 2 rings (SSSR count). The highest BCUT2D eigenvalue weighted by atomic mass is 16.2. The molecule has 2 N–H and O–H groups in total. The van der Waals surface area contributed by atoms with Gasteiger partial charge in [-0.1, -0.05) is 0 Å². The van der Waals surface area contributed by atoms with E-state index in [0.29, 0.717) is 37.4 Å². The zero-order chi connectivity index (χ0) is 13.1. The SMILES string of the molecule is CC(=O)N1CCN(C(=O)c2ccc(N)cc2)CC1. The van der Waals surface area contributed by atoms with Gasteiger partial charge in [-0.2, -0.15) is 0 Å². The molecular formula is C13H17N3O2. The molecule has 2 amide bonds. The van der Waals surface area contributed by atoms with E-state index in [4.69, 9.17) is 5.73 Å². The molecule has 5 nitrogen and oxygen atoms in total. The van der Waals surface area contributed by atoms with E-state index in [2.05, 4.69) is 0 Å². The number of hydrogen-bond acceptors (Lipinski definition) is 3. The molecular weight excluding hydrogens is 230 g/mol. The maximum absolute atomic E-state index is 12.2. The minimum Gasteiger partial charge on any atom is -0.399 e. The number of anilines is 1. The number of benzene rings is 1. The molecule has 1 heterocycles. The van der Waals surface area contributed by atoms with E-state index in [1.165, 1.54) is 0 Å². The molecule has 1 aliphatic heterocycles. The van der Waals surface area contributed by atoms with Gasteiger partial charge in [-0.3, -0.25) is 9.59 Å². The molecule has 5 heteroatoms. The molecule has 0 bridgehead atoms. The summed E-state index contributed by atoms with van der Waals surface area (Å²) in [6.07, 6.45) is 0. The Bertz CT molecular complexity index is 448. The van der Waals surface area contributed by atoms with Crippen LogP contribution in [0.15, 0.2) is 24.3 Å². The average molecular weight is 247 g/mol. The van der Waals surface area contributed by atoms with Crippen LogP contribution in [0.2, 0.25) is 0 Å². The molecule has 0 aliphatic carbocycles. The molecule has 0 radical (unpaired) electrons. The van der Waals surface area contributed by atoms with Crippen LogP contribution in [0.5, 0.6) is 0 Å². The summed E-state index contributed by atoms with van der Waals surface area (Å²) in [6.45, 7) is 3.94. The van der Waals surface area contributed by atoms with Gasteiger partial charge in [0.1, 0.15) is 0 Å². The topological polar surface area (TPSA) is 66.6 Å². The minimum absolute atomic E-state index is 0.00166. The van der Waals surface area contributed by atoms with Gasteiger partial charge in [-0.25, -0.2) is 0 Å². The number of amides is 2. The van der Waals surface area contributed by atoms with Gasteiger partial charge in [0.15, 0.2) is 0 Å². The summed E-state index contributed by atoms with van der Waals surface area (Å²) in [5.74, 6) is 0.0628. The second-order valence-corrected chi connectivity index (χ2v) is 4.42. The number of hydrogen-bond donors (Lipinski definition) is 1. The van der Waals surface area contributed by atoms with E-state index in [9.17, 15) is 9.59 Å². The second-order valence-electron chi connectivity index (χ2n) is 4.42. The van der Waals surface area contributed by atoms with Crippen molar-refractivity contribution < 1.29 is 9.59 Å². The quantitative estimate of drug-likeness (QED) is 0.738. The number of piperazine rings is 1. The molecule has 0 spiro atoms. The van der Waals surface area contributed by atoms with E-state index in [0.717, 1.165) is 0 Å². The summed E-state index contributed by atoms with van der Waals surface area (Å²) >= 11 is 0. The Balaban J connectivity index is 1.99. The van der Waals surface area contributed by atoms with Crippen molar-refractivity contribution in [3.05, 3.63) is 29.8 Å². The van der Waals surface area contributed by atoms with Crippen LogP contribution in [0, 0.1) is 0 Å². The molecule has 0 atom stereocenters. The van der Waals surface area contributed by atoms with Crippen molar-refractivity contribution in [2.75, 3.05) is 31.9 Å². The lowest BCUT2D eigenvalue weighted by Gasteiger charge is -2.34. The monoisotopic (exact) mass is 247 g/mol. The molecule has 1 aromatic carbocycles. The molecule has 96 valence electrons. The smallest absolute Gasteiger partial charge is 0.253 e. The van der Waals surface area contributed by atoms with E-state index >= 15 is 0 Å². The van der Waals surface area contributed by atoms with Crippen LogP contribution in [-0.2, 0) is 4.79 Å². The fourth-order valence-corrected chi connectivity index (χ4v) is 2.03. The van der Waals surface area contributed by atoms with E-state index in [1.807, 2.05) is 0 Å². The van der Waals surface area contributed by atoms with Crippen molar-refractivity contribution in [2.24, 2.45) is 0 Å². The first-order valence-electron chi connectivity index (χ1n) is 5.98. The Hall–Kier alpha value is -2.04. The molecule has 1 aromatic rings. The van der Waals surface area contributed by atoms with Gasteiger partial charge in [-0.05, 0) is 24.3 Å². The van der Waals surface area contributed by atoms with Gasteiger partial charge < -0.3 is 15.5 Å². The third kappa shape index (κ3) is 2.61. The number of nitrogens with zero attached hydrogens (tertiary/aromatic N) is 2. The Morgan fingerprint density at radius 2 is 1.50 bits per heavy atom. The van der Waals surface area contributed by atoms with E-state index < -0.39 is 0 Å². The van der Waals surface area contributed by atoms with Crippen LogP contribution in [-0.4, -0.2) is 47.8 Å². The van der Waals surface area contributed by atoms with Gasteiger partial charge in [0.2, 0.25) is 5.91 Å². The normalized spacial score (nSPS) is 15.6. The lowest BCUT2D eigenvalue weighted by atomic mass is 10.1. The highest BCUT2D eigenvalue weighted by Gasteiger charge is 2.22. The van der Waals surface area contributed by atoms with Crippen molar-refractivity contribution in [3.63, 3.8) is 0 Å². The zero-order valence-electron chi connectivity index (χ0n) is 10.4. The van der Waals surface area contributed by atoms with Gasteiger partial charge >= 0.3 is 0 Å². The number of nitrogen functional groups attached to an aromatic ring is 1. The Morgan fingerprint density at radius 1 is 1.00 bits per heavy atom. The van der Waals surface area contributed by atoms with Crippen molar-refractivity contribution in [3.8, 4) is 0 Å². The molecule has 0 unspecified atom stereocenters. The number of carbonyl (C=O) groups is 2. The first kappa shape index (κ1) is 12.4.